The summed E-state index contributed by atoms with van der Waals surface area (Å²) < 4.78 is 5.31. The molecule has 0 spiro atoms. The van der Waals surface area contributed by atoms with E-state index >= 15 is 0 Å². The maximum atomic E-state index is 12.0. The van der Waals surface area contributed by atoms with Gasteiger partial charge in [-0.05, 0) is 12.8 Å². The molecule has 2 saturated heterocycles. The van der Waals surface area contributed by atoms with Gasteiger partial charge in [0.1, 0.15) is 0 Å². The molecule has 19 heavy (non-hydrogen) atoms. The maximum absolute atomic E-state index is 12.0. The number of nitrogens with zero attached hydrogens (tertiary/aromatic N) is 2. The van der Waals surface area contributed by atoms with Crippen molar-refractivity contribution in [1.82, 2.24) is 15.1 Å². The van der Waals surface area contributed by atoms with Crippen molar-refractivity contribution in [3.8, 4) is 0 Å². The molecule has 0 atom stereocenters. The van der Waals surface area contributed by atoms with Crippen LogP contribution in [0, 0.1) is 0 Å². The number of morpholine rings is 1. The molecule has 0 saturated carbocycles. The fraction of sp³-hybridized carbons (Fsp3) is 0.929. The first-order chi connectivity index (χ1) is 9.36. The van der Waals surface area contributed by atoms with Gasteiger partial charge in [-0.1, -0.05) is 12.8 Å². The molecule has 2 aliphatic rings. The summed E-state index contributed by atoms with van der Waals surface area (Å²) in [6.45, 7) is 8.00. The number of ether oxygens (including phenoxy) is 1. The lowest BCUT2D eigenvalue weighted by atomic mass is 10.2. The average Bonchev–Trinajstić information content (AvgIpc) is 2.73. The summed E-state index contributed by atoms with van der Waals surface area (Å²) in [5.41, 5.74) is 0. The van der Waals surface area contributed by atoms with Crippen LogP contribution >= 0.6 is 0 Å². The number of hydrogen-bond donors (Lipinski definition) is 1. The number of carbonyl (C=O) groups excluding carboxylic acids is 1. The molecule has 0 aromatic rings. The van der Waals surface area contributed by atoms with E-state index in [1.165, 1.54) is 25.7 Å². The summed E-state index contributed by atoms with van der Waals surface area (Å²) in [6, 6.07) is 0. The lowest BCUT2D eigenvalue weighted by molar-refractivity contribution is -0.130. The van der Waals surface area contributed by atoms with Crippen molar-refractivity contribution in [2.45, 2.75) is 25.7 Å². The van der Waals surface area contributed by atoms with E-state index < -0.39 is 0 Å². The van der Waals surface area contributed by atoms with Crippen molar-refractivity contribution in [3.05, 3.63) is 0 Å². The monoisotopic (exact) mass is 269 g/mol. The van der Waals surface area contributed by atoms with Crippen molar-refractivity contribution < 1.29 is 9.53 Å². The Morgan fingerprint density at radius 2 is 1.68 bits per heavy atom. The third-order valence-electron chi connectivity index (χ3n) is 3.94. The summed E-state index contributed by atoms with van der Waals surface area (Å²) in [7, 11) is 0. The molecule has 2 fully saturated rings. The SMILES string of the molecule is O=C(CNCCN1CCOCC1)N1CCCCCC1. The molecule has 5 heteroatoms. The van der Waals surface area contributed by atoms with E-state index in [1.54, 1.807) is 0 Å². The molecular formula is C14H27N3O2. The second kappa shape index (κ2) is 8.51. The van der Waals surface area contributed by atoms with Gasteiger partial charge in [0, 0.05) is 39.3 Å². The molecule has 2 heterocycles. The van der Waals surface area contributed by atoms with Crippen LogP contribution in [0.5, 0.6) is 0 Å². The van der Waals surface area contributed by atoms with E-state index in [9.17, 15) is 4.79 Å². The van der Waals surface area contributed by atoms with Gasteiger partial charge in [-0.15, -0.1) is 0 Å². The smallest absolute Gasteiger partial charge is 0.236 e. The van der Waals surface area contributed by atoms with Crippen molar-refractivity contribution >= 4 is 5.91 Å². The Labute approximate surface area is 116 Å². The van der Waals surface area contributed by atoms with E-state index in [1.807, 2.05) is 4.90 Å². The third kappa shape index (κ3) is 5.47. The summed E-state index contributed by atoms with van der Waals surface area (Å²) in [5, 5.41) is 3.28. The van der Waals surface area contributed by atoms with Crippen LogP contribution in [-0.2, 0) is 9.53 Å². The number of likely N-dealkylation sites (tertiary alicyclic amines) is 1. The first kappa shape index (κ1) is 14.8. The van der Waals surface area contributed by atoms with Crippen LogP contribution in [-0.4, -0.2) is 74.7 Å². The van der Waals surface area contributed by atoms with Gasteiger partial charge < -0.3 is 15.0 Å². The number of rotatable bonds is 5. The standard InChI is InChI=1S/C14H27N3O2/c18-14(17-6-3-1-2-4-7-17)13-15-5-8-16-9-11-19-12-10-16/h15H,1-13H2. The molecule has 1 amide bonds. The van der Waals surface area contributed by atoms with Crippen LogP contribution < -0.4 is 5.32 Å². The van der Waals surface area contributed by atoms with Crippen molar-refractivity contribution in [2.75, 3.05) is 59.0 Å². The molecule has 0 aromatic heterocycles. The van der Waals surface area contributed by atoms with Gasteiger partial charge >= 0.3 is 0 Å². The van der Waals surface area contributed by atoms with Crippen LogP contribution in [0.1, 0.15) is 25.7 Å². The molecule has 0 bridgehead atoms. The van der Waals surface area contributed by atoms with Crippen LogP contribution in [0.2, 0.25) is 0 Å². The fourth-order valence-corrected chi connectivity index (χ4v) is 2.69. The molecule has 0 aliphatic carbocycles. The van der Waals surface area contributed by atoms with Gasteiger partial charge in [-0.2, -0.15) is 0 Å². The fourth-order valence-electron chi connectivity index (χ4n) is 2.69. The Morgan fingerprint density at radius 3 is 2.37 bits per heavy atom. The highest BCUT2D eigenvalue weighted by atomic mass is 16.5. The van der Waals surface area contributed by atoms with Gasteiger partial charge in [-0.3, -0.25) is 9.69 Å². The Balaban J connectivity index is 1.55. The lowest BCUT2D eigenvalue weighted by Gasteiger charge is -2.26. The van der Waals surface area contributed by atoms with E-state index in [-0.39, 0.29) is 5.91 Å². The van der Waals surface area contributed by atoms with Crippen LogP contribution in [0.4, 0.5) is 0 Å². The molecule has 2 aliphatic heterocycles. The predicted octanol–water partition coefficient (Wildman–Crippen LogP) is 0.311. The molecule has 2 rings (SSSR count). The Hall–Kier alpha value is -0.650. The summed E-state index contributed by atoms with van der Waals surface area (Å²) in [5.74, 6) is 0.267. The normalized spacial score (nSPS) is 22.2. The number of nitrogens with one attached hydrogen (secondary N) is 1. The summed E-state index contributed by atoms with van der Waals surface area (Å²) in [4.78, 5) is 16.4. The van der Waals surface area contributed by atoms with E-state index in [0.717, 1.165) is 52.5 Å². The number of amides is 1. The van der Waals surface area contributed by atoms with Crippen molar-refractivity contribution in [1.29, 1.82) is 0 Å². The van der Waals surface area contributed by atoms with E-state index in [4.69, 9.17) is 4.74 Å². The average molecular weight is 269 g/mol. The Morgan fingerprint density at radius 1 is 1.00 bits per heavy atom. The molecule has 0 unspecified atom stereocenters. The molecule has 0 radical (unpaired) electrons. The van der Waals surface area contributed by atoms with E-state index in [0.29, 0.717) is 6.54 Å². The molecule has 1 N–H and O–H groups in total. The minimum atomic E-state index is 0.267. The van der Waals surface area contributed by atoms with Crippen LogP contribution in [0.15, 0.2) is 0 Å². The summed E-state index contributed by atoms with van der Waals surface area (Å²) >= 11 is 0. The predicted molar refractivity (Wildman–Crippen MR) is 75.2 cm³/mol. The van der Waals surface area contributed by atoms with Gasteiger partial charge in [-0.25, -0.2) is 0 Å². The summed E-state index contributed by atoms with van der Waals surface area (Å²) in [6.07, 6.45) is 4.88. The highest BCUT2D eigenvalue weighted by molar-refractivity contribution is 5.78. The second-order valence-electron chi connectivity index (χ2n) is 5.43. The van der Waals surface area contributed by atoms with Crippen LogP contribution in [0.25, 0.3) is 0 Å². The quantitative estimate of drug-likeness (QED) is 0.730. The molecule has 110 valence electrons. The highest BCUT2D eigenvalue weighted by Crippen LogP contribution is 2.09. The van der Waals surface area contributed by atoms with E-state index in [2.05, 4.69) is 10.2 Å². The lowest BCUT2D eigenvalue weighted by Crippen LogP contribution is -2.43. The minimum absolute atomic E-state index is 0.267. The van der Waals surface area contributed by atoms with Gasteiger partial charge in [0.15, 0.2) is 0 Å². The molecule has 5 nitrogen and oxygen atoms in total. The Kier molecular flexibility index (Phi) is 6.61. The first-order valence-corrected chi connectivity index (χ1v) is 7.65. The van der Waals surface area contributed by atoms with Crippen molar-refractivity contribution in [2.24, 2.45) is 0 Å². The minimum Gasteiger partial charge on any atom is -0.379 e. The second-order valence-corrected chi connectivity index (χ2v) is 5.43. The van der Waals surface area contributed by atoms with Gasteiger partial charge in [0.25, 0.3) is 0 Å². The van der Waals surface area contributed by atoms with Gasteiger partial charge in [0.05, 0.1) is 19.8 Å². The largest absolute Gasteiger partial charge is 0.379 e. The van der Waals surface area contributed by atoms with Crippen LogP contribution in [0.3, 0.4) is 0 Å². The third-order valence-corrected chi connectivity index (χ3v) is 3.94. The van der Waals surface area contributed by atoms with Crippen molar-refractivity contribution in [3.63, 3.8) is 0 Å². The maximum Gasteiger partial charge on any atom is 0.236 e. The Bertz CT molecular complexity index is 259. The molecular weight excluding hydrogens is 242 g/mol. The number of hydrogen-bond acceptors (Lipinski definition) is 4. The highest BCUT2D eigenvalue weighted by Gasteiger charge is 2.15. The molecule has 0 aromatic carbocycles. The van der Waals surface area contributed by atoms with Gasteiger partial charge in [0.2, 0.25) is 5.91 Å². The first-order valence-electron chi connectivity index (χ1n) is 7.65. The zero-order chi connectivity index (χ0) is 13.3. The number of carbonyl (C=O) groups is 1. The topological polar surface area (TPSA) is 44.8 Å². The zero-order valence-corrected chi connectivity index (χ0v) is 11.9. The zero-order valence-electron chi connectivity index (χ0n) is 11.9.